The van der Waals surface area contributed by atoms with E-state index in [1.165, 1.54) is 18.3 Å². The van der Waals surface area contributed by atoms with Crippen LogP contribution in [0.5, 0.6) is 0 Å². The summed E-state index contributed by atoms with van der Waals surface area (Å²) in [5.74, 6) is -0.00618. The van der Waals surface area contributed by atoms with Crippen LogP contribution >= 0.6 is 0 Å². The summed E-state index contributed by atoms with van der Waals surface area (Å²) >= 11 is 0. The normalized spacial score (nSPS) is 12.5. The van der Waals surface area contributed by atoms with Crippen LogP contribution in [0.3, 0.4) is 0 Å². The van der Waals surface area contributed by atoms with Gasteiger partial charge in [0.05, 0.1) is 10.4 Å². The van der Waals surface area contributed by atoms with Crippen LogP contribution in [0.4, 0.5) is 0 Å². The molecule has 0 fully saturated rings. The molecule has 2 aromatic carbocycles. The number of aromatic nitrogens is 2. The molecule has 4 aromatic rings. The van der Waals surface area contributed by atoms with E-state index in [1.807, 2.05) is 26.0 Å². The number of nitrogens with zero attached hydrogens (tertiary/aromatic N) is 2. The van der Waals surface area contributed by atoms with Gasteiger partial charge in [0.1, 0.15) is 4.90 Å². The van der Waals surface area contributed by atoms with Crippen molar-refractivity contribution in [1.29, 1.82) is 0 Å². The molecular formula is C24H25N3O4S2. The van der Waals surface area contributed by atoms with Crippen molar-refractivity contribution in [3.63, 3.8) is 0 Å². The Morgan fingerprint density at radius 3 is 2.36 bits per heavy atom. The van der Waals surface area contributed by atoms with Crippen LogP contribution in [0.2, 0.25) is 0 Å². The zero-order valence-electron chi connectivity index (χ0n) is 18.3. The molecule has 0 saturated heterocycles. The maximum atomic E-state index is 13.4. The van der Waals surface area contributed by atoms with E-state index in [9.17, 15) is 16.8 Å². The second-order valence-corrected chi connectivity index (χ2v) is 11.6. The van der Waals surface area contributed by atoms with Crippen LogP contribution in [0.15, 0.2) is 89.0 Å². The molecule has 9 heteroatoms. The molecule has 1 N–H and O–H groups in total. The predicted octanol–water partition coefficient (Wildman–Crippen LogP) is 3.92. The summed E-state index contributed by atoms with van der Waals surface area (Å²) in [6.45, 7) is 4.06. The standard InChI is InChI=1S/C24H25N3O4S2/c1-18(2)21-11-6-12-22-24(21)23(17-27(22)33(30,31)20-9-4-3-5-10-20)32(28,29)26-15-13-19-8-7-14-25-16-19/h3-12,14,16-18,26H,13,15H2,1-2H3. The van der Waals surface area contributed by atoms with Crippen LogP contribution in [0.25, 0.3) is 10.9 Å². The molecule has 7 nitrogen and oxygen atoms in total. The number of nitrogens with one attached hydrogen (secondary N) is 1. The first-order chi connectivity index (χ1) is 15.7. The van der Waals surface area contributed by atoms with Crippen LogP contribution in [0, 0.1) is 0 Å². The molecule has 33 heavy (non-hydrogen) atoms. The summed E-state index contributed by atoms with van der Waals surface area (Å²) in [5, 5.41) is 0.417. The summed E-state index contributed by atoms with van der Waals surface area (Å²) in [4.78, 5) is 4.08. The highest BCUT2D eigenvalue weighted by molar-refractivity contribution is 7.91. The SMILES string of the molecule is CC(C)c1cccc2c1c(S(=O)(=O)NCCc1cccnc1)cn2S(=O)(=O)c1ccccc1. The van der Waals surface area contributed by atoms with E-state index >= 15 is 0 Å². The first kappa shape index (κ1) is 23.2. The number of sulfonamides is 1. The molecule has 172 valence electrons. The Hall–Kier alpha value is -3.01. The molecule has 0 aliphatic carbocycles. The van der Waals surface area contributed by atoms with Crippen LogP contribution in [0.1, 0.15) is 30.9 Å². The van der Waals surface area contributed by atoms with Gasteiger partial charge in [0.25, 0.3) is 10.0 Å². The van der Waals surface area contributed by atoms with Gasteiger partial charge in [-0.15, -0.1) is 0 Å². The van der Waals surface area contributed by atoms with Crippen molar-refractivity contribution in [3.8, 4) is 0 Å². The number of pyridine rings is 1. The molecule has 2 aromatic heterocycles. The Morgan fingerprint density at radius 1 is 0.939 bits per heavy atom. The Labute approximate surface area is 194 Å². The van der Waals surface area contributed by atoms with E-state index < -0.39 is 20.0 Å². The van der Waals surface area contributed by atoms with Crippen LogP contribution in [-0.2, 0) is 26.5 Å². The molecular weight excluding hydrogens is 458 g/mol. The molecule has 0 unspecified atom stereocenters. The topological polar surface area (TPSA) is 98.1 Å². The van der Waals surface area contributed by atoms with Gasteiger partial charge in [-0.1, -0.05) is 50.2 Å². The monoisotopic (exact) mass is 483 g/mol. The van der Waals surface area contributed by atoms with Crippen molar-refractivity contribution in [3.05, 3.63) is 90.4 Å². The third-order valence-electron chi connectivity index (χ3n) is 5.43. The highest BCUT2D eigenvalue weighted by Gasteiger charge is 2.28. The Morgan fingerprint density at radius 2 is 1.70 bits per heavy atom. The van der Waals surface area contributed by atoms with Gasteiger partial charge in [-0.2, -0.15) is 0 Å². The minimum atomic E-state index is -3.99. The van der Waals surface area contributed by atoms with Gasteiger partial charge in [-0.05, 0) is 47.7 Å². The van der Waals surface area contributed by atoms with Gasteiger partial charge in [-0.3, -0.25) is 4.98 Å². The quantitative estimate of drug-likeness (QED) is 0.410. The Balaban J connectivity index is 1.82. The minimum absolute atomic E-state index is 0.00618. The maximum absolute atomic E-state index is 13.4. The summed E-state index contributed by atoms with van der Waals surface area (Å²) in [5.41, 5.74) is 2.00. The van der Waals surface area contributed by atoms with Crippen molar-refractivity contribution in [2.75, 3.05) is 6.54 Å². The predicted molar refractivity (Wildman–Crippen MR) is 128 cm³/mol. The van der Waals surface area contributed by atoms with Gasteiger partial charge in [0, 0.05) is 30.5 Å². The van der Waals surface area contributed by atoms with E-state index in [-0.39, 0.29) is 22.3 Å². The lowest BCUT2D eigenvalue weighted by molar-refractivity contribution is 0.582. The summed E-state index contributed by atoms with van der Waals surface area (Å²) in [6.07, 6.45) is 5.02. The maximum Gasteiger partial charge on any atom is 0.268 e. The van der Waals surface area contributed by atoms with Crippen molar-refractivity contribution < 1.29 is 16.8 Å². The average molecular weight is 484 g/mol. The van der Waals surface area contributed by atoms with Crippen molar-refractivity contribution >= 4 is 30.9 Å². The Bertz CT molecular complexity index is 1480. The summed E-state index contributed by atoms with van der Waals surface area (Å²) < 4.78 is 57.2. The largest absolute Gasteiger partial charge is 0.268 e. The van der Waals surface area contributed by atoms with Crippen LogP contribution in [-0.4, -0.2) is 32.3 Å². The summed E-state index contributed by atoms with van der Waals surface area (Å²) in [7, 11) is -7.99. The zero-order chi connectivity index (χ0) is 23.6. The second-order valence-electron chi connectivity index (χ2n) is 8.01. The molecule has 0 atom stereocenters. The highest BCUT2D eigenvalue weighted by Crippen LogP contribution is 2.34. The lowest BCUT2D eigenvalue weighted by Crippen LogP contribution is -2.26. The molecule has 0 aliphatic heterocycles. The van der Waals surface area contributed by atoms with Crippen molar-refractivity contribution in [2.45, 2.75) is 36.0 Å². The number of hydrogen-bond donors (Lipinski definition) is 1. The van der Waals surface area contributed by atoms with Crippen molar-refractivity contribution in [1.82, 2.24) is 13.7 Å². The fourth-order valence-corrected chi connectivity index (χ4v) is 6.51. The van der Waals surface area contributed by atoms with E-state index in [1.54, 1.807) is 48.8 Å². The lowest BCUT2D eigenvalue weighted by atomic mass is 9.99. The first-order valence-electron chi connectivity index (χ1n) is 10.5. The molecule has 4 rings (SSSR count). The molecule has 0 amide bonds. The smallest absolute Gasteiger partial charge is 0.264 e. The van der Waals surface area contributed by atoms with Gasteiger partial charge in [0.15, 0.2) is 0 Å². The molecule has 0 radical (unpaired) electrons. The third kappa shape index (κ3) is 4.57. The highest BCUT2D eigenvalue weighted by atomic mass is 32.2. The fraction of sp³-hybridized carbons (Fsp3) is 0.208. The Kier molecular flexibility index (Phi) is 6.38. The molecule has 0 spiro atoms. The van der Waals surface area contributed by atoms with Crippen molar-refractivity contribution in [2.24, 2.45) is 0 Å². The second kappa shape index (κ2) is 9.09. The number of rotatable bonds is 8. The summed E-state index contributed by atoms with van der Waals surface area (Å²) in [6, 6.07) is 16.9. The van der Waals surface area contributed by atoms with Gasteiger partial charge in [0.2, 0.25) is 10.0 Å². The van der Waals surface area contributed by atoms with Gasteiger partial charge in [-0.25, -0.2) is 25.5 Å². The van der Waals surface area contributed by atoms with Gasteiger partial charge >= 0.3 is 0 Å². The van der Waals surface area contributed by atoms with Gasteiger partial charge < -0.3 is 0 Å². The molecule has 0 saturated carbocycles. The lowest BCUT2D eigenvalue weighted by Gasteiger charge is -2.11. The zero-order valence-corrected chi connectivity index (χ0v) is 20.0. The number of fused-ring (bicyclic) bond motifs is 1. The fourth-order valence-electron chi connectivity index (χ4n) is 3.79. The molecule has 0 bridgehead atoms. The average Bonchev–Trinajstić information content (AvgIpc) is 3.22. The minimum Gasteiger partial charge on any atom is -0.264 e. The molecule has 0 aliphatic rings. The van der Waals surface area contributed by atoms with E-state index in [2.05, 4.69) is 9.71 Å². The van der Waals surface area contributed by atoms with E-state index in [0.29, 0.717) is 17.3 Å². The number of benzene rings is 2. The first-order valence-corrected chi connectivity index (χ1v) is 13.5. The third-order valence-corrected chi connectivity index (χ3v) is 8.59. The molecule has 2 heterocycles. The number of hydrogen-bond acceptors (Lipinski definition) is 5. The van der Waals surface area contributed by atoms with Crippen LogP contribution < -0.4 is 4.72 Å². The van der Waals surface area contributed by atoms with E-state index in [0.717, 1.165) is 15.1 Å². The van der Waals surface area contributed by atoms with E-state index in [4.69, 9.17) is 0 Å².